The summed E-state index contributed by atoms with van der Waals surface area (Å²) < 4.78 is 17.2. The van der Waals surface area contributed by atoms with Gasteiger partial charge >= 0.3 is 23.9 Å². The van der Waals surface area contributed by atoms with E-state index >= 15 is 0 Å². The third-order valence-electron chi connectivity index (χ3n) is 2.29. The van der Waals surface area contributed by atoms with Gasteiger partial charge in [-0.05, 0) is 0 Å². The van der Waals surface area contributed by atoms with Crippen LogP contribution >= 0.6 is 0 Å². The smallest absolute Gasteiger partial charge is 0.375 e. The zero-order valence-corrected chi connectivity index (χ0v) is 11.8. The number of esters is 4. The second-order valence-corrected chi connectivity index (χ2v) is 3.43. The van der Waals surface area contributed by atoms with Crippen molar-refractivity contribution < 1.29 is 42.9 Å². The Balaban J connectivity index is 5.92. The zero-order valence-electron chi connectivity index (χ0n) is 11.8. The van der Waals surface area contributed by atoms with Crippen LogP contribution in [0.4, 0.5) is 0 Å². The van der Waals surface area contributed by atoms with Crippen LogP contribution in [-0.2, 0) is 42.9 Å². The van der Waals surface area contributed by atoms with Crippen molar-refractivity contribution in [1.29, 1.82) is 0 Å². The maximum atomic E-state index is 11.8. The minimum Gasteiger partial charge on any atom is -0.468 e. The number of carbonyl (C=O) groups excluding carboxylic acids is 5. The standard InChI is InChI=1S/C12H14O9/c1-18-7(13)5-6(10(15)19-2)8(11(16)20-3)9(14)12(17)21-4/h5,8H,1-4H3/b6-5+. The largest absolute Gasteiger partial charge is 0.468 e. The number of carbonyl (C=O) groups is 5. The Bertz CT molecular complexity index is 489. The van der Waals surface area contributed by atoms with Crippen LogP contribution in [0.1, 0.15) is 0 Å². The number of Topliss-reactive ketones (excluding diaryl/α,β-unsaturated/α-hetero) is 1. The lowest BCUT2D eigenvalue weighted by Crippen LogP contribution is -2.36. The van der Waals surface area contributed by atoms with E-state index in [0.29, 0.717) is 6.08 Å². The fraction of sp³-hybridized carbons (Fsp3) is 0.417. The number of ether oxygens (including phenoxy) is 4. The predicted octanol–water partition coefficient (Wildman–Crippen LogP) is -1.21. The van der Waals surface area contributed by atoms with E-state index in [2.05, 4.69) is 18.9 Å². The van der Waals surface area contributed by atoms with Gasteiger partial charge in [-0.25, -0.2) is 14.4 Å². The first-order valence-electron chi connectivity index (χ1n) is 5.41. The minimum atomic E-state index is -1.99. The van der Waals surface area contributed by atoms with E-state index in [9.17, 15) is 24.0 Å². The average Bonchev–Trinajstić information content (AvgIpc) is 2.51. The molecule has 0 aromatic rings. The maximum absolute atomic E-state index is 11.8. The van der Waals surface area contributed by atoms with Gasteiger partial charge in [0, 0.05) is 6.08 Å². The highest BCUT2D eigenvalue weighted by atomic mass is 16.5. The first-order valence-corrected chi connectivity index (χ1v) is 5.41. The molecule has 0 aliphatic carbocycles. The van der Waals surface area contributed by atoms with E-state index in [1.54, 1.807) is 0 Å². The summed E-state index contributed by atoms with van der Waals surface area (Å²) >= 11 is 0. The van der Waals surface area contributed by atoms with E-state index in [-0.39, 0.29) is 0 Å². The molecule has 21 heavy (non-hydrogen) atoms. The molecule has 0 saturated carbocycles. The molecule has 116 valence electrons. The number of methoxy groups -OCH3 is 4. The van der Waals surface area contributed by atoms with Gasteiger partial charge in [0.05, 0.1) is 34.0 Å². The van der Waals surface area contributed by atoms with Gasteiger partial charge in [-0.15, -0.1) is 0 Å². The van der Waals surface area contributed by atoms with Crippen LogP contribution in [-0.4, -0.2) is 58.1 Å². The van der Waals surface area contributed by atoms with Crippen LogP contribution in [0.15, 0.2) is 11.6 Å². The van der Waals surface area contributed by atoms with Crippen LogP contribution in [0.25, 0.3) is 0 Å². The first kappa shape index (κ1) is 18.3. The lowest BCUT2D eigenvalue weighted by atomic mass is 9.93. The van der Waals surface area contributed by atoms with Gasteiger partial charge in [-0.1, -0.05) is 0 Å². The van der Waals surface area contributed by atoms with Gasteiger partial charge in [0.2, 0.25) is 0 Å². The maximum Gasteiger partial charge on any atom is 0.375 e. The van der Waals surface area contributed by atoms with Gasteiger partial charge in [-0.2, -0.15) is 0 Å². The number of rotatable bonds is 6. The molecule has 0 spiro atoms. The van der Waals surface area contributed by atoms with Crippen LogP contribution in [0.2, 0.25) is 0 Å². The quantitative estimate of drug-likeness (QED) is 0.195. The molecule has 0 amide bonds. The predicted molar refractivity (Wildman–Crippen MR) is 64.6 cm³/mol. The molecule has 9 heteroatoms. The summed E-state index contributed by atoms with van der Waals surface area (Å²) in [6.45, 7) is 0. The summed E-state index contributed by atoms with van der Waals surface area (Å²) in [5.41, 5.74) is -0.702. The Morgan fingerprint density at radius 2 is 1.29 bits per heavy atom. The molecule has 0 heterocycles. The molecule has 1 atom stereocenters. The molecule has 0 saturated heterocycles. The van der Waals surface area contributed by atoms with Gasteiger partial charge in [0.1, 0.15) is 0 Å². The topological polar surface area (TPSA) is 122 Å². The van der Waals surface area contributed by atoms with Gasteiger partial charge < -0.3 is 18.9 Å². The molecule has 0 aromatic heterocycles. The van der Waals surface area contributed by atoms with Gasteiger partial charge in [-0.3, -0.25) is 9.59 Å². The summed E-state index contributed by atoms with van der Waals surface area (Å²) in [6.07, 6.45) is 0.564. The Morgan fingerprint density at radius 1 is 0.762 bits per heavy atom. The third kappa shape index (κ3) is 4.71. The van der Waals surface area contributed by atoms with Crippen LogP contribution < -0.4 is 0 Å². The average molecular weight is 302 g/mol. The van der Waals surface area contributed by atoms with Crippen LogP contribution in [0.5, 0.6) is 0 Å². The van der Waals surface area contributed by atoms with Crippen molar-refractivity contribution in [3.63, 3.8) is 0 Å². The summed E-state index contributed by atoms with van der Waals surface area (Å²) in [5, 5.41) is 0. The molecule has 0 aliphatic heterocycles. The van der Waals surface area contributed by atoms with E-state index in [1.807, 2.05) is 0 Å². The van der Waals surface area contributed by atoms with Crippen molar-refractivity contribution in [1.82, 2.24) is 0 Å². The lowest BCUT2D eigenvalue weighted by molar-refractivity contribution is -0.159. The molecular formula is C12H14O9. The van der Waals surface area contributed by atoms with Crippen LogP contribution in [0.3, 0.4) is 0 Å². The fourth-order valence-electron chi connectivity index (χ4n) is 1.28. The highest BCUT2D eigenvalue weighted by Gasteiger charge is 2.40. The van der Waals surface area contributed by atoms with Crippen molar-refractivity contribution in [3.05, 3.63) is 11.6 Å². The minimum absolute atomic E-state index is 0.564. The first-order chi connectivity index (χ1) is 9.83. The summed E-state index contributed by atoms with van der Waals surface area (Å²) in [6, 6.07) is 0. The highest BCUT2D eigenvalue weighted by molar-refractivity contribution is 6.40. The fourth-order valence-corrected chi connectivity index (χ4v) is 1.28. The molecule has 0 bridgehead atoms. The molecule has 0 fully saturated rings. The van der Waals surface area contributed by atoms with Crippen molar-refractivity contribution in [2.24, 2.45) is 5.92 Å². The second-order valence-electron chi connectivity index (χ2n) is 3.43. The van der Waals surface area contributed by atoms with Gasteiger partial charge in [0.25, 0.3) is 5.78 Å². The Hall–Kier alpha value is -2.71. The Labute approximate surface area is 119 Å². The Morgan fingerprint density at radius 3 is 1.67 bits per heavy atom. The number of ketones is 1. The molecule has 0 N–H and O–H groups in total. The van der Waals surface area contributed by atoms with E-state index in [1.165, 1.54) is 0 Å². The van der Waals surface area contributed by atoms with E-state index in [0.717, 1.165) is 28.4 Å². The van der Waals surface area contributed by atoms with Crippen molar-refractivity contribution in [2.75, 3.05) is 28.4 Å². The molecule has 0 radical (unpaired) electrons. The molecule has 0 aliphatic rings. The van der Waals surface area contributed by atoms with E-state index < -0.39 is 41.2 Å². The number of hydrogen-bond acceptors (Lipinski definition) is 9. The number of hydrogen-bond donors (Lipinski definition) is 0. The summed E-state index contributed by atoms with van der Waals surface area (Å²) in [5.74, 6) is -8.19. The van der Waals surface area contributed by atoms with E-state index in [4.69, 9.17) is 0 Å². The monoisotopic (exact) mass is 302 g/mol. The van der Waals surface area contributed by atoms with Crippen LogP contribution in [0, 0.1) is 5.92 Å². The SMILES string of the molecule is COC(=O)/C=C(/C(=O)OC)C(C(=O)OC)C(=O)C(=O)OC. The lowest BCUT2D eigenvalue weighted by Gasteiger charge is -2.14. The highest BCUT2D eigenvalue weighted by Crippen LogP contribution is 2.17. The third-order valence-corrected chi connectivity index (χ3v) is 2.29. The molecular weight excluding hydrogens is 288 g/mol. The zero-order chi connectivity index (χ0) is 16.6. The summed E-state index contributed by atoms with van der Waals surface area (Å²) in [7, 11) is 3.83. The molecule has 0 aromatic carbocycles. The van der Waals surface area contributed by atoms with Crippen molar-refractivity contribution >= 4 is 29.7 Å². The molecule has 9 nitrogen and oxygen atoms in total. The molecule has 0 rings (SSSR count). The van der Waals surface area contributed by atoms with Crippen molar-refractivity contribution in [3.8, 4) is 0 Å². The van der Waals surface area contributed by atoms with Crippen molar-refractivity contribution in [2.45, 2.75) is 0 Å². The molecule has 1 unspecified atom stereocenters. The summed E-state index contributed by atoms with van der Waals surface area (Å²) in [4.78, 5) is 57.6. The van der Waals surface area contributed by atoms with Gasteiger partial charge in [0.15, 0.2) is 5.92 Å². The second kappa shape index (κ2) is 8.46. The normalized spacial score (nSPS) is 11.9. The Kier molecular flexibility index (Phi) is 7.37.